The molecule has 0 heterocycles. The van der Waals surface area contributed by atoms with Crippen LogP contribution in [0.5, 0.6) is 0 Å². The first-order valence-electron chi connectivity index (χ1n) is 6.48. The second-order valence-electron chi connectivity index (χ2n) is 4.44. The fraction of sp³-hybridized carbons (Fsp3) is 0.500. The van der Waals surface area contributed by atoms with Gasteiger partial charge in [-0.15, -0.1) is 0 Å². The third-order valence-electron chi connectivity index (χ3n) is 2.91. The maximum absolute atomic E-state index is 10.9. The molecule has 0 aliphatic carbocycles. The van der Waals surface area contributed by atoms with E-state index in [9.17, 15) is 9.90 Å². The highest BCUT2D eigenvalue weighted by Gasteiger charge is 2.18. The summed E-state index contributed by atoms with van der Waals surface area (Å²) in [6.45, 7) is 3.93. The SMILES string of the molecule is CCC(NCCO)C(O)c1ccc(NC(C)=O)cc1. The summed E-state index contributed by atoms with van der Waals surface area (Å²) >= 11 is 0. The number of benzene rings is 1. The van der Waals surface area contributed by atoms with Crippen LogP contribution in [0.1, 0.15) is 31.9 Å². The third kappa shape index (κ3) is 4.98. The van der Waals surface area contributed by atoms with Crippen LogP contribution in [0.3, 0.4) is 0 Å². The molecule has 1 amide bonds. The van der Waals surface area contributed by atoms with E-state index in [-0.39, 0.29) is 18.6 Å². The van der Waals surface area contributed by atoms with Crippen LogP contribution in [-0.4, -0.2) is 35.3 Å². The van der Waals surface area contributed by atoms with E-state index >= 15 is 0 Å². The van der Waals surface area contributed by atoms with Crippen molar-refractivity contribution in [1.29, 1.82) is 0 Å². The van der Waals surface area contributed by atoms with Gasteiger partial charge in [0.15, 0.2) is 0 Å². The van der Waals surface area contributed by atoms with Crippen LogP contribution in [-0.2, 0) is 4.79 Å². The van der Waals surface area contributed by atoms with Crippen LogP contribution in [0, 0.1) is 0 Å². The topological polar surface area (TPSA) is 81.6 Å². The summed E-state index contributed by atoms with van der Waals surface area (Å²) < 4.78 is 0. The molecule has 0 bridgehead atoms. The molecule has 1 aromatic carbocycles. The average molecular weight is 266 g/mol. The van der Waals surface area contributed by atoms with E-state index in [4.69, 9.17) is 5.11 Å². The van der Waals surface area contributed by atoms with Crippen molar-refractivity contribution in [3.05, 3.63) is 29.8 Å². The molecule has 0 spiro atoms. The zero-order valence-electron chi connectivity index (χ0n) is 11.4. The number of amides is 1. The Balaban J connectivity index is 2.69. The molecular formula is C14H22N2O3. The Morgan fingerprint density at radius 1 is 1.32 bits per heavy atom. The van der Waals surface area contributed by atoms with Crippen molar-refractivity contribution < 1.29 is 15.0 Å². The molecule has 19 heavy (non-hydrogen) atoms. The van der Waals surface area contributed by atoms with Gasteiger partial charge in [-0.2, -0.15) is 0 Å². The number of hydrogen-bond donors (Lipinski definition) is 4. The van der Waals surface area contributed by atoms with Crippen LogP contribution in [0.4, 0.5) is 5.69 Å². The summed E-state index contributed by atoms with van der Waals surface area (Å²) in [5.41, 5.74) is 1.49. The Kier molecular flexibility index (Phi) is 6.49. The van der Waals surface area contributed by atoms with Crippen molar-refractivity contribution in [3.63, 3.8) is 0 Å². The Morgan fingerprint density at radius 3 is 2.42 bits per heavy atom. The molecule has 0 saturated carbocycles. The summed E-state index contributed by atoms with van der Waals surface area (Å²) in [5, 5.41) is 24.8. The summed E-state index contributed by atoms with van der Waals surface area (Å²) in [6, 6.07) is 7.01. The largest absolute Gasteiger partial charge is 0.395 e. The molecule has 0 radical (unpaired) electrons. The van der Waals surface area contributed by atoms with Crippen molar-refractivity contribution in [2.24, 2.45) is 0 Å². The van der Waals surface area contributed by atoms with Gasteiger partial charge in [0, 0.05) is 25.2 Å². The first-order valence-corrected chi connectivity index (χ1v) is 6.48. The Bertz CT molecular complexity index is 392. The lowest BCUT2D eigenvalue weighted by Crippen LogP contribution is -2.36. The number of nitrogens with one attached hydrogen (secondary N) is 2. The van der Waals surface area contributed by atoms with E-state index in [0.29, 0.717) is 12.2 Å². The number of carbonyl (C=O) groups excluding carboxylic acids is 1. The fourth-order valence-corrected chi connectivity index (χ4v) is 1.93. The average Bonchev–Trinajstić information content (AvgIpc) is 2.39. The highest BCUT2D eigenvalue weighted by molar-refractivity contribution is 5.88. The molecule has 0 aromatic heterocycles. The van der Waals surface area contributed by atoms with Gasteiger partial charge in [0.2, 0.25) is 5.91 Å². The van der Waals surface area contributed by atoms with Crippen LogP contribution in [0.2, 0.25) is 0 Å². The van der Waals surface area contributed by atoms with Gasteiger partial charge >= 0.3 is 0 Å². The highest BCUT2D eigenvalue weighted by atomic mass is 16.3. The van der Waals surface area contributed by atoms with Gasteiger partial charge in [0.05, 0.1) is 12.7 Å². The second-order valence-corrected chi connectivity index (χ2v) is 4.44. The lowest BCUT2D eigenvalue weighted by Gasteiger charge is -2.23. The van der Waals surface area contributed by atoms with E-state index in [1.807, 2.05) is 6.92 Å². The van der Waals surface area contributed by atoms with E-state index < -0.39 is 6.10 Å². The van der Waals surface area contributed by atoms with Gasteiger partial charge in [-0.05, 0) is 24.1 Å². The van der Waals surface area contributed by atoms with Crippen LogP contribution in [0.15, 0.2) is 24.3 Å². The van der Waals surface area contributed by atoms with E-state index in [1.54, 1.807) is 24.3 Å². The number of aliphatic hydroxyl groups is 2. The number of anilines is 1. The van der Waals surface area contributed by atoms with Gasteiger partial charge in [-0.3, -0.25) is 4.79 Å². The van der Waals surface area contributed by atoms with Crippen molar-refractivity contribution in [2.75, 3.05) is 18.5 Å². The molecule has 1 rings (SSSR count). The van der Waals surface area contributed by atoms with E-state index in [1.165, 1.54) is 6.92 Å². The van der Waals surface area contributed by atoms with E-state index in [2.05, 4.69) is 10.6 Å². The van der Waals surface area contributed by atoms with E-state index in [0.717, 1.165) is 12.0 Å². The minimum atomic E-state index is -0.636. The fourth-order valence-electron chi connectivity index (χ4n) is 1.93. The lowest BCUT2D eigenvalue weighted by atomic mass is 10.00. The Hall–Kier alpha value is -1.43. The highest BCUT2D eigenvalue weighted by Crippen LogP contribution is 2.20. The first kappa shape index (κ1) is 15.6. The molecule has 1 aromatic rings. The van der Waals surface area contributed by atoms with Gasteiger partial charge in [-0.1, -0.05) is 19.1 Å². The van der Waals surface area contributed by atoms with Crippen molar-refractivity contribution in [1.82, 2.24) is 5.32 Å². The zero-order chi connectivity index (χ0) is 14.3. The summed E-state index contributed by atoms with van der Waals surface area (Å²) in [6.07, 6.45) is 0.122. The molecule has 2 atom stereocenters. The van der Waals surface area contributed by atoms with Crippen LogP contribution in [0.25, 0.3) is 0 Å². The van der Waals surface area contributed by atoms with Gasteiger partial charge in [0.1, 0.15) is 0 Å². The zero-order valence-corrected chi connectivity index (χ0v) is 11.4. The minimum absolute atomic E-state index is 0.0463. The van der Waals surface area contributed by atoms with Gasteiger partial charge in [0.25, 0.3) is 0 Å². The smallest absolute Gasteiger partial charge is 0.221 e. The van der Waals surface area contributed by atoms with Crippen LogP contribution < -0.4 is 10.6 Å². The van der Waals surface area contributed by atoms with Crippen molar-refractivity contribution in [3.8, 4) is 0 Å². The number of aliphatic hydroxyl groups excluding tert-OH is 2. The lowest BCUT2D eigenvalue weighted by molar-refractivity contribution is -0.114. The van der Waals surface area contributed by atoms with Gasteiger partial charge in [-0.25, -0.2) is 0 Å². The minimum Gasteiger partial charge on any atom is -0.395 e. The molecule has 2 unspecified atom stereocenters. The summed E-state index contributed by atoms with van der Waals surface area (Å²) in [5.74, 6) is -0.121. The van der Waals surface area contributed by atoms with Crippen molar-refractivity contribution in [2.45, 2.75) is 32.4 Å². The Morgan fingerprint density at radius 2 is 1.95 bits per heavy atom. The number of carbonyl (C=O) groups is 1. The number of rotatable bonds is 7. The molecular weight excluding hydrogens is 244 g/mol. The number of hydrogen-bond acceptors (Lipinski definition) is 4. The maximum Gasteiger partial charge on any atom is 0.221 e. The predicted molar refractivity (Wildman–Crippen MR) is 74.9 cm³/mol. The Labute approximate surface area is 113 Å². The second kappa shape index (κ2) is 7.89. The third-order valence-corrected chi connectivity index (χ3v) is 2.91. The monoisotopic (exact) mass is 266 g/mol. The quantitative estimate of drug-likeness (QED) is 0.594. The molecule has 0 aliphatic heterocycles. The molecule has 106 valence electrons. The normalized spacial score (nSPS) is 13.9. The molecule has 4 N–H and O–H groups in total. The molecule has 5 nitrogen and oxygen atoms in total. The summed E-state index contributed by atoms with van der Waals surface area (Å²) in [7, 11) is 0. The van der Waals surface area contributed by atoms with Crippen molar-refractivity contribution >= 4 is 11.6 Å². The molecule has 0 fully saturated rings. The molecule has 0 saturated heterocycles. The summed E-state index contributed by atoms with van der Waals surface area (Å²) in [4.78, 5) is 10.9. The first-order chi connectivity index (χ1) is 9.08. The van der Waals surface area contributed by atoms with Gasteiger partial charge < -0.3 is 20.8 Å². The molecule has 5 heteroatoms. The van der Waals surface area contributed by atoms with Crippen LogP contribution >= 0.6 is 0 Å². The predicted octanol–water partition coefficient (Wildman–Crippen LogP) is 1.04. The maximum atomic E-state index is 10.9. The standard InChI is InChI=1S/C14H22N2O3/c1-3-13(15-8-9-17)14(19)11-4-6-12(7-5-11)16-10(2)18/h4-7,13-15,17,19H,3,8-9H2,1-2H3,(H,16,18). The molecule has 0 aliphatic rings.